The van der Waals surface area contributed by atoms with E-state index in [9.17, 15) is 13.2 Å². The average Bonchev–Trinajstić information content (AvgIpc) is 2.46. The van der Waals surface area contributed by atoms with Gasteiger partial charge in [-0.05, 0) is 18.2 Å². The number of rotatable bonds is 3. The van der Waals surface area contributed by atoms with Gasteiger partial charge in [-0.2, -0.15) is 18.4 Å². The van der Waals surface area contributed by atoms with Crippen molar-refractivity contribution in [2.45, 2.75) is 12.7 Å². The third-order valence-electron chi connectivity index (χ3n) is 2.86. The summed E-state index contributed by atoms with van der Waals surface area (Å²) < 4.78 is 39.3. The molecule has 1 heterocycles. The predicted octanol–water partition coefficient (Wildman–Crippen LogP) is 3.00. The summed E-state index contributed by atoms with van der Waals surface area (Å²) in [6.45, 7) is 0.183. The fourth-order valence-electron chi connectivity index (χ4n) is 1.91. The van der Waals surface area contributed by atoms with Gasteiger partial charge in [0, 0.05) is 25.1 Å². The Morgan fingerprint density at radius 1 is 1.29 bits per heavy atom. The lowest BCUT2D eigenvalue weighted by Crippen LogP contribution is -2.21. The fraction of sp³-hybridized carbons (Fsp3) is 0.214. The highest BCUT2D eigenvalue weighted by Gasteiger charge is 2.34. The van der Waals surface area contributed by atoms with Crippen LogP contribution in [0.25, 0.3) is 0 Å². The van der Waals surface area contributed by atoms with Crippen LogP contribution in [0.4, 0.5) is 18.9 Å². The van der Waals surface area contributed by atoms with E-state index < -0.39 is 11.7 Å². The van der Waals surface area contributed by atoms with Gasteiger partial charge in [0.15, 0.2) is 0 Å². The lowest BCUT2D eigenvalue weighted by atomic mass is 10.1. The van der Waals surface area contributed by atoms with Crippen molar-refractivity contribution < 1.29 is 13.2 Å². The van der Waals surface area contributed by atoms with E-state index in [2.05, 4.69) is 9.97 Å². The first kappa shape index (κ1) is 14.8. The van der Waals surface area contributed by atoms with Gasteiger partial charge in [-0.3, -0.25) is 9.97 Å². The molecule has 2 aromatic rings. The number of hydrogen-bond donors (Lipinski definition) is 0. The number of aromatic nitrogens is 2. The highest BCUT2D eigenvalue weighted by molar-refractivity contribution is 5.57. The minimum atomic E-state index is -4.53. The number of anilines is 1. The Bertz CT molecular complexity index is 662. The molecule has 0 aliphatic heterocycles. The maximum atomic E-state index is 13.1. The summed E-state index contributed by atoms with van der Waals surface area (Å²) in [5.41, 5.74) is -0.323. The lowest BCUT2D eigenvalue weighted by molar-refractivity contribution is -0.137. The Labute approximate surface area is 119 Å². The minimum Gasteiger partial charge on any atom is -0.368 e. The molecule has 1 aromatic carbocycles. The maximum Gasteiger partial charge on any atom is 0.418 e. The fourth-order valence-corrected chi connectivity index (χ4v) is 1.91. The van der Waals surface area contributed by atoms with Crippen molar-refractivity contribution in [3.05, 3.63) is 53.6 Å². The Hall–Kier alpha value is -2.62. The molecule has 0 saturated heterocycles. The van der Waals surface area contributed by atoms with Gasteiger partial charge in [0.1, 0.15) is 0 Å². The molecule has 0 unspecified atom stereocenters. The summed E-state index contributed by atoms with van der Waals surface area (Å²) in [4.78, 5) is 9.33. The molecule has 0 atom stereocenters. The van der Waals surface area contributed by atoms with Gasteiger partial charge in [-0.25, -0.2) is 0 Å². The zero-order chi connectivity index (χ0) is 15.5. The molecule has 0 radical (unpaired) electrons. The molecule has 0 amide bonds. The van der Waals surface area contributed by atoms with Crippen molar-refractivity contribution in [2.24, 2.45) is 0 Å². The van der Waals surface area contributed by atoms with Gasteiger partial charge in [0.2, 0.25) is 0 Å². The van der Waals surface area contributed by atoms with Crippen molar-refractivity contribution in [2.75, 3.05) is 11.9 Å². The second kappa shape index (κ2) is 5.79. The Morgan fingerprint density at radius 3 is 2.62 bits per heavy atom. The van der Waals surface area contributed by atoms with E-state index >= 15 is 0 Å². The Balaban J connectivity index is 2.37. The van der Waals surface area contributed by atoms with Crippen molar-refractivity contribution in [3.63, 3.8) is 0 Å². The minimum absolute atomic E-state index is 0.00727. The topological polar surface area (TPSA) is 52.8 Å². The summed E-state index contributed by atoms with van der Waals surface area (Å²) >= 11 is 0. The van der Waals surface area contributed by atoms with Crippen LogP contribution >= 0.6 is 0 Å². The number of nitriles is 1. The van der Waals surface area contributed by atoms with Crippen LogP contribution in [0.15, 0.2) is 36.8 Å². The first-order valence-corrected chi connectivity index (χ1v) is 5.99. The zero-order valence-corrected chi connectivity index (χ0v) is 11.1. The van der Waals surface area contributed by atoms with E-state index in [-0.39, 0.29) is 17.8 Å². The van der Waals surface area contributed by atoms with Crippen LogP contribution < -0.4 is 4.90 Å². The molecule has 0 saturated carbocycles. The summed E-state index contributed by atoms with van der Waals surface area (Å²) in [5.74, 6) is 0. The van der Waals surface area contributed by atoms with Gasteiger partial charge in [-0.15, -0.1) is 0 Å². The van der Waals surface area contributed by atoms with E-state index in [1.807, 2.05) is 0 Å². The van der Waals surface area contributed by atoms with Gasteiger partial charge in [-0.1, -0.05) is 0 Å². The molecule has 0 aliphatic carbocycles. The molecule has 0 fully saturated rings. The van der Waals surface area contributed by atoms with Crippen LogP contribution in [-0.4, -0.2) is 17.0 Å². The van der Waals surface area contributed by atoms with Gasteiger partial charge in [0.25, 0.3) is 0 Å². The van der Waals surface area contributed by atoms with Crippen molar-refractivity contribution in [3.8, 4) is 6.07 Å². The molecule has 0 spiro atoms. The highest BCUT2D eigenvalue weighted by Crippen LogP contribution is 2.37. The van der Waals surface area contributed by atoms with Crippen LogP contribution in [0, 0.1) is 11.3 Å². The Morgan fingerprint density at radius 2 is 2.05 bits per heavy atom. The first-order chi connectivity index (χ1) is 9.91. The molecular formula is C14H11F3N4. The van der Waals surface area contributed by atoms with E-state index in [0.29, 0.717) is 5.69 Å². The number of halogens is 3. The quantitative estimate of drug-likeness (QED) is 0.872. The monoisotopic (exact) mass is 292 g/mol. The van der Waals surface area contributed by atoms with E-state index in [4.69, 9.17) is 5.26 Å². The summed E-state index contributed by atoms with van der Waals surface area (Å²) in [5, 5.41) is 8.74. The summed E-state index contributed by atoms with van der Waals surface area (Å²) in [6.07, 6.45) is -0.0643. The van der Waals surface area contributed by atoms with Crippen LogP contribution in [0.5, 0.6) is 0 Å². The van der Waals surface area contributed by atoms with Crippen LogP contribution in [-0.2, 0) is 12.7 Å². The summed E-state index contributed by atoms with van der Waals surface area (Å²) in [7, 11) is 1.53. The highest BCUT2D eigenvalue weighted by atomic mass is 19.4. The molecule has 0 N–H and O–H groups in total. The van der Waals surface area contributed by atoms with Crippen LogP contribution in [0.2, 0.25) is 0 Å². The largest absolute Gasteiger partial charge is 0.418 e. The second-order valence-corrected chi connectivity index (χ2v) is 4.39. The number of nitrogens with zero attached hydrogens (tertiary/aromatic N) is 4. The standard InChI is InChI=1S/C14H11F3N4/c1-21(9-11-8-19-4-5-20-11)13-3-2-10(7-18)6-12(13)14(15,16)17/h2-6,8H,9H2,1H3. The summed E-state index contributed by atoms with van der Waals surface area (Å²) in [6, 6.07) is 5.21. The van der Waals surface area contributed by atoms with Gasteiger partial charge < -0.3 is 4.90 Å². The molecule has 21 heavy (non-hydrogen) atoms. The third-order valence-corrected chi connectivity index (χ3v) is 2.86. The van der Waals surface area contributed by atoms with E-state index in [1.165, 1.54) is 42.7 Å². The predicted molar refractivity (Wildman–Crippen MR) is 70.3 cm³/mol. The second-order valence-electron chi connectivity index (χ2n) is 4.39. The van der Waals surface area contributed by atoms with Crippen molar-refractivity contribution in [1.82, 2.24) is 9.97 Å². The molecule has 0 bridgehead atoms. The SMILES string of the molecule is CN(Cc1cnccn1)c1ccc(C#N)cc1C(F)(F)F. The number of benzene rings is 1. The molecular weight excluding hydrogens is 281 g/mol. The van der Waals surface area contributed by atoms with E-state index in [0.717, 1.165) is 6.07 Å². The molecule has 4 nitrogen and oxygen atoms in total. The molecule has 0 aliphatic rings. The number of alkyl halides is 3. The number of hydrogen-bond acceptors (Lipinski definition) is 4. The van der Waals surface area contributed by atoms with Crippen LogP contribution in [0.3, 0.4) is 0 Å². The molecule has 2 rings (SSSR count). The first-order valence-electron chi connectivity index (χ1n) is 5.99. The molecule has 1 aromatic heterocycles. The third kappa shape index (κ3) is 3.48. The van der Waals surface area contributed by atoms with Crippen LogP contribution in [0.1, 0.15) is 16.8 Å². The smallest absolute Gasteiger partial charge is 0.368 e. The van der Waals surface area contributed by atoms with Crippen molar-refractivity contribution in [1.29, 1.82) is 5.26 Å². The van der Waals surface area contributed by atoms with Gasteiger partial charge >= 0.3 is 6.18 Å². The maximum absolute atomic E-state index is 13.1. The lowest BCUT2D eigenvalue weighted by Gasteiger charge is -2.23. The van der Waals surface area contributed by atoms with Gasteiger partial charge in [0.05, 0.1) is 35.6 Å². The van der Waals surface area contributed by atoms with Crippen molar-refractivity contribution >= 4 is 5.69 Å². The normalized spacial score (nSPS) is 11.0. The average molecular weight is 292 g/mol. The molecule has 7 heteroatoms. The molecule has 108 valence electrons. The zero-order valence-electron chi connectivity index (χ0n) is 11.1. The van der Waals surface area contributed by atoms with E-state index in [1.54, 1.807) is 6.07 Å². The Kier molecular flexibility index (Phi) is 4.08.